The van der Waals surface area contributed by atoms with E-state index in [1.54, 1.807) is 0 Å². The van der Waals surface area contributed by atoms with Crippen LogP contribution in [0, 0.1) is 0 Å². The van der Waals surface area contributed by atoms with E-state index in [4.69, 9.17) is 9.29 Å². The molecule has 1 unspecified atom stereocenters. The molecule has 3 nitrogen and oxygen atoms in total. The molecule has 0 aliphatic heterocycles. The molecule has 0 aliphatic carbocycles. The number of rotatable bonds is 5. The van der Waals surface area contributed by atoms with Gasteiger partial charge in [-0.2, -0.15) is 0 Å². The molecular formula is C9H12CaO3S. The van der Waals surface area contributed by atoms with Gasteiger partial charge in [-0.05, 0) is 5.56 Å². The Hall–Kier alpha value is 0.550. The van der Waals surface area contributed by atoms with Gasteiger partial charge in [0.1, 0.15) is 0 Å². The summed E-state index contributed by atoms with van der Waals surface area (Å²) in [7, 11) is 0. The van der Waals surface area contributed by atoms with Crippen molar-refractivity contribution in [2.45, 2.75) is 6.61 Å². The minimum absolute atomic E-state index is 0. The monoisotopic (exact) mass is 240 g/mol. The van der Waals surface area contributed by atoms with Crippen LogP contribution < -0.4 is 0 Å². The molecule has 0 spiro atoms. The maximum atomic E-state index is 10.2. The van der Waals surface area contributed by atoms with Gasteiger partial charge in [0.15, 0.2) is 11.1 Å². The van der Waals surface area contributed by atoms with Crippen LogP contribution in [0.25, 0.3) is 0 Å². The summed E-state index contributed by atoms with van der Waals surface area (Å²) in [6, 6.07) is 9.71. The van der Waals surface area contributed by atoms with E-state index in [0.717, 1.165) is 5.56 Å². The molecule has 0 aromatic heterocycles. The van der Waals surface area contributed by atoms with E-state index in [1.807, 2.05) is 30.3 Å². The Morgan fingerprint density at radius 2 is 1.93 bits per heavy atom. The van der Waals surface area contributed by atoms with Crippen LogP contribution in [0.4, 0.5) is 0 Å². The van der Waals surface area contributed by atoms with Crippen molar-refractivity contribution in [2.75, 3.05) is 12.4 Å². The number of hydrogen-bond acceptors (Lipinski definition) is 2. The van der Waals surface area contributed by atoms with Crippen LogP contribution in [0.5, 0.6) is 0 Å². The Morgan fingerprint density at radius 3 is 2.50 bits per heavy atom. The van der Waals surface area contributed by atoms with Crippen molar-refractivity contribution in [3.05, 3.63) is 35.9 Å². The van der Waals surface area contributed by atoms with Crippen molar-refractivity contribution < 1.29 is 13.5 Å². The molecule has 0 saturated heterocycles. The van der Waals surface area contributed by atoms with Crippen molar-refractivity contribution >= 4 is 48.8 Å². The van der Waals surface area contributed by atoms with Crippen molar-refractivity contribution in [3.63, 3.8) is 0 Å². The maximum absolute atomic E-state index is 10.2. The van der Waals surface area contributed by atoms with E-state index in [1.165, 1.54) is 0 Å². The fourth-order valence-corrected chi connectivity index (χ4v) is 1.15. The van der Waals surface area contributed by atoms with Gasteiger partial charge < -0.3 is 9.29 Å². The zero-order valence-electron chi connectivity index (χ0n) is 7.89. The summed E-state index contributed by atoms with van der Waals surface area (Å²) in [4.78, 5) is 0. The van der Waals surface area contributed by atoms with Crippen LogP contribution in [-0.4, -0.2) is 58.9 Å². The van der Waals surface area contributed by atoms with Crippen molar-refractivity contribution in [1.82, 2.24) is 0 Å². The van der Waals surface area contributed by atoms with Gasteiger partial charge in [0, 0.05) is 37.7 Å². The predicted molar refractivity (Wildman–Crippen MR) is 57.5 cm³/mol. The van der Waals surface area contributed by atoms with E-state index in [0.29, 0.717) is 13.2 Å². The molecule has 0 heterocycles. The van der Waals surface area contributed by atoms with Gasteiger partial charge in [-0.25, -0.2) is 4.21 Å². The minimum atomic E-state index is -1.75. The zero-order chi connectivity index (χ0) is 9.52. The van der Waals surface area contributed by atoms with E-state index in [2.05, 4.69) is 0 Å². The third-order valence-electron chi connectivity index (χ3n) is 1.51. The van der Waals surface area contributed by atoms with Crippen molar-refractivity contribution in [1.29, 1.82) is 0 Å². The van der Waals surface area contributed by atoms with Crippen LogP contribution in [0.15, 0.2) is 30.3 Å². The van der Waals surface area contributed by atoms with Crippen LogP contribution >= 0.6 is 0 Å². The van der Waals surface area contributed by atoms with E-state index < -0.39 is 11.1 Å². The van der Waals surface area contributed by atoms with Crippen LogP contribution in [0.2, 0.25) is 0 Å². The number of hydrogen-bond donors (Lipinski definition) is 1. The number of benzene rings is 1. The molecule has 0 aliphatic rings. The summed E-state index contributed by atoms with van der Waals surface area (Å²) < 4.78 is 23.9. The van der Waals surface area contributed by atoms with E-state index >= 15 is 0 Å². The Labute approximate surface area is 116 Å². The van der Waals surface area contributed by atoms with E-state index in [9.17, 15) is 4.21 Å². The SMILES string of the molecule is O=S(O)CCOCc1ccccc1.[Ca]. The molecule has 1 aromatic carbocycles. The molecule has 0 amide bonds. The maximum Gasteiger partial charge on any atom is 0.155 e. The first kappa shape index (κ1) is 14.5. The fourth-order valence-electron chi connectivity index (χ4n) is 0.894. The Balaban J connectivity index is 0.00000169. The molecule has 0 bridgehead atoms. The minimum Gasteiger partial charge on any atom is -0.376 e. The molecule has 74 valence electrons. The molecule has 0 saturated carbocycles. The summed E-state index contributed by atoms with van der Waals surface area (Å²) in [5, 5.41) is 0. The first-order chi connectivity index (χ1) is 6.29. The van der Waals surface area contributed by atoms with Crippen LogP contribution in [-0.2, 0) is 22.4 Å². The molecule has 1 aromatic rings. The van der Waals surface area contributed by atoms with Crippen molar-refractivity contribution in [2.24, 2.45) is 0 Å². The molecule has 5 heteroatoms. The molecule has 1 N–H and O–H groups in total. The van der Waals surface area contributed by atoms with Crippen LogP contribution in [0.3, 0.4) is 0 Å². The molecule has 2 radical (unpaired) electrons. The number of ether oxygens (including phenoxy) is 1. The quantitative estimate of drug-likeness (QED) is 0.475. The topological polar surface area (TPSA) is 46.5 Å². The average Bonchev–Trinajstić information content (AvgIpc) is 2.14. The van der Waals surface area contributed by atoms with E-state index in [-0.39, 0.29) is 43.5 Å². The average molecular weight is 240 g/mol. The Kier molecular flexibility index (Phi) is 9.17. The molecular weight excluding hydrogens is 228 g/mol. The van der Waals surface area contributed by atoms with Crippen molar-refractivity contribution in [3.8, 4) is 0 Å². The third-order valence-corrected chi connectivity index (χ3v) is 2.03. The summed E-state index contributed by atoms with van der Waals surface area (Å²) >= 11 is -1.75. The predicted octanol–water partition coefficient (Wildman–Crippen LogP) is 1.04. The van der Waals surface area contributed by atoms with Crippen LogP contribution in [0.1, 0.15) is 5.56 Å². The summed E-state index contributed by atoms with van der Waals surface area (Å²) in [5.41, 5.74) is 1.08. The van der Waals surface area contributed by atoms with Gasteiger partial charge in [0.25, 0.3) is 0 Å². The molecule has 0 fully saturated rings. The molecule has 1 rings (SSSR count). The molecule has 1 atom stereocenters. The van der Waals surface area contributed by atoms with Gasteiger partial charge in [-0.1, -0.05) is 30.3 Å². The van der Waals surface area contributed by atoms with Gasteiger partial charge in [0.2, 0.25) is 0 Å². The second-order valence-electron chi connectivity index (χ2n) is 2.56. The van der Waals surface area contributed by atoms with Gasteiger partial charge in [-0.3, -0.25) is 0 Å². The Morgan fingerprint density at radius 1 is 1.29 bits per heavy atom. The fraction of sp³-hybridized carbons (Fsp3) is 0.333. The molecule has 14 heavy (non-hydrogen) atoms. The zero-order valence-corrected chi connectivity index (χ0v) is 10.9. The largest absolute Gasteiger partial charge is 0.376 e. The normalized spacial score (nSPS) is 11.8. The third kappa shape index (κ3) is 6.92. The second-order valence-corrected chi connectivity index (χ2v) is 3.62. The standard InChI is InChI=1S/C9H12O3S.Ca/c10-13(11)7-6-12-8-9-4-2-1-3-5-9;/h1-5H,6-8H2,(H,10,11);. The summed E-state index contributed by atoms with van der Waals surface area (Å²) in [6.07, 6.45) is 0. The second kappa shape index (κ2) is 8.83. The van der Waals surface area contributed by atoms with Gasteiger partial charge >= 0.3 is 0 Å². The van der Waals surface area contributed by atoms with Gasteiger partial charge in [-0.15, -0.1) is 0 Å². The first-order valence-corrected chi connectivity index (χ1v) is 5.26. The first-order valence-electron chi connectivity index (χ1n) is 3.98. The Bertz CT molecular complexity index is 266. The smallest absolute Gasteiger partial charge is 0.155 e. The summed E-state index contributed by atoms with van der Waals surface area (Å²) in [6.45, 7) is 0.816. The summed E-state index contributed by atoms with van der Waals surface area (Å²) in [5.74, 6) is 0.173. The van der Waals surface area contributed by atoms with Gasteiger partial charge in [0.05, 0.1) is 19.0 Å².